The topological polar surface area (TPSA) is 90.0 Å². The summed E-state index contributed by atoms with van der Waals surface area (Å²) in [5.74, 6) is -1.59. The molecule has 0 radical (unpaired) electrons. The number of hydrogen-bond donors (Lipinski definition) is 4. The second-order valence-electron chi connectivity index (χ2n) is 7.05. The van der Waals surface area contributed by atoms with Crippen LogP contribution in [0.4, 0.5) is 13.2 Å². The average molecular weight is 477 g/mol. The number of carbonyl (C=O) groups is 1. The first-order valence-electron chi connectivity index (χ1n) is 9.14. The second-order valence-corrected chi connectivity index (χ2v) is 7.05. The Morgan fingerprint density at radius 2 is 1.90 bits per heavy atom. The zero-order chi connectivity index (χ0) is 20.6. The maximum atomic E-state index is 12.8. The van der Waals surface area contributed by atoms with Gasteiger partial charge in [-0.3, -0.25) is 4.79 Å². The van der Waals surface area contributed by atoms with Crippen molar-refractivity contribution < 1.29 is 23.1 Å². The normalized spacial score (nSPS) is 16.6. The number of H-pyrrole nitrogens is 1. The number of rotatable bonds is 4. The zero-order valence-corrected chi connectivity index (χ0v) is 17.7. The fourth-order valence-electron chi connectivity index (χ4n) is 3.48. The molecule has 11 heteroatoms. The minimum absolute atomic E-state index is 0. The van der Waals surface area contributed by atoms with Crippen LogP contribution in [-0.4, -0.2) is 39.7 Å². The fraction of sp³-hybridized carbons (Fsp3) is 0.300. The van der Waals surface area contributed by atoms with Crippen LogP contribution in [0.1, 0.15) is 27.3 Å². The van der Waals surface area contributed by atoms with E-state index in [-0.39, 0.29) is 54.0 Å². The van der Waals surface area contributed by atoms with Gasteiger partial charge in [-0.05, 0) is 35.7 Å². The SMILES string of the molecule is Cl.Cl.O=C(NCC(O)[C@@H]1Cc2ccccc2CN1)c1ccc2nc(C(F)(F)F)[nH]c2c1. The van der Waals surface area contributed by atoms with Crippen molar-refractivity contribution in [2.75, 3.05) is 6.54 Å². The van der Waals surface area contributed by atoms with E-state index in [2.05, 4.69) is 20.6 Å². The lowest BCUT2D eigenvalue weighted by molar-refractivity contribution is -0.144. The zero-order valence-electron chi connectivity index (χ0n) is 16.1. The van der Waals surface area contributed by atoms with E-state index in [1.807, 2.05) is 24.3 Å². The van der Waals surface area contributed by atoms with Gasteiger partial charge in [-0.1, -0.05) is 24.3 Å². The largest absolute Gasteiger partial charge is 0.449 e. The van der Waals surface area contributed by atoms with Gasteiger partial charge in [0.25, 0.3) is 5.91 Å². The molecule has 2 heterocycles. The van der Waals surface area contributed by atoms with Crippen LogP contribution in [0, 0.1) is 0 Å². The molecule has 0 saturated carbocycles. The second kappa shape index (κ2) is 9.86. The molecular weight excluding hydrogens is 456 g/mol. The third-order valence-corrected chi connectivity index (χ3v) is 5.06. The molecule has 0 aliphatic carbocycles. The van der Waals surface area contributed by atoms with Crippen molar-refractivity contribution in [1.82, 2.24) is 20.6 Å². The molecule has 4 rings (SSSR count). The van der Waals surface area contributed by atoms with Crippen molar-refractivity contribution in [3.63, 3.8) is 0 Å². The van der Waals surface area contributed by atoms with E-state index in [9.17, 15) is 23.1 Å². The van der Waals surface area contributed by atoms with E-state index >= 15 is 0 Å². The molecule has 0 fully saturated rings. The van der Waals surface area contributed by atoms with Crippen LogP contribution >= 0.6 is 24.8 Å². The Hall–Kier alpha value is -2.33. The van der Waals surface area contributed by atoms with Gasteiger partial charge in [-0.2, -0.15) is 13.2 Å². The van der Waals surface area contributed by atoms with Crippen LogP contribution in [0.25, 0.3) is 11.0 Å². The maximum absolute atomic E-state index is 12.8. The van der Waals surface area contributed by atoms with Crippen LogP contribution < -0.4 is 10.6 Å². The van der Waals surface area contributed by atoms with Gasteiger partial charge in [0.1, 0.15) is 0 Å². The molecule has 2 aromatic carbocycles. The molecule has 0 saturated heterocycles. The molecule has 1 aliphatic rings. The van der Waals surface area contributed by atoms with Crippen LogP contribution in [-0.2, 0) is 19.1 Å². The molecule has 4 N–H and O–H groups in total. The first-order valence-corrected chi connectivity index (χ1v) is 9.14. The molecule has 6 nitrogen and oxygen atoms in total. The van der Waals surface area contributed by atoms with E-state index in [0.29, 0.717) is 13.0 Å². The molecule has 1 aliphatic heterocycles. The van der Waals surface area contributed by atoms with Crippen LogP contribution in [0.15, 0.2) is 42.5 Å². The molecule has 3 aromatic rings. The smallest absolute Gasteiger partial charge is 0.390 e. The number of fused-ring (bicyclic) bond motifs is 2. The monoisotopic (exact) mass is 476 g/mol. The number of alkyl halides is 3. The van der Waals surface area contributed by atoms with Gasteiger partial charge in [0.05, 0.1) is 17.1 Å². The Labute approximate surface area is 188 Å². The summed E-state index contributed by atoms with van der Waals surface area (Å²) in [4.78, 5) is 18.0. The lowest BCUT2D eigenvalue weighted by Crippen LogP contribution is -2.49. The highest BCUT2D eigenvalue weighted by Gasteiger charge is 2.34. The Kier molecular flexibility index (Phi) is 7.93. The average Bonchev–Trinajstić information content (AvgIpc) is 3.15. The van der Waals surface area contributed by atoms with E-state index in [1.54, 1.807) is 0 Å². The lowest BCUT2D eigenvalue weighted by Gasteiger charge is -2.30. The summed E-state index contributed by atoms with van der Waals surface area (Å²) in [6, 6.07) is 11.8. The number of hydrogen-bond acceptors (Lipinski definition) is 4. The summed E-state index contributed by atoms with van der Waals surface area (Å²) in [6.45, 7) is 0.664. The quantitative estimate of drug-likeness (QED) is 0.465. The van der Waals surface area contributed by atoms with Gasteiger partial charge >= 0.3 is 6.18 Å². The molecular formula is C20H21Cl2F3N4O2. The molecule has 31 heavy (non-hydrogen) atoms. The summed E-state index contributed by atoms with van der Waals surface area (Å²) < 4.78 is 38.3. The Morgan fingerprint density at radius 1 is 1.19 bits per heavy atom. The number of nitrogens with zero attached hydrogens (tertiary/aromatic N) is 1. The van der Waals surface area contributed by atoms with E-state index in [4.69, 9.17) is 0 Å². The summed E-state index contributed by atoms with van der Waals surface area (Å²) in [5.41, 5.74) is 2.77. The molecule has 0 bridgehead atoms. The van der Waals surface area contributed by atoms with Crippen molar-refractivity contribution in [3.8, 4) is 0 Å². The number of aliphatic hydroxyl groups is 1. The highest BCUT2D eigenvalue weighted by Crippen LogP contribution is 2.28. The van der Waals surface area contributed by atoms with Crippen LogP contribution in [0.5, 0.6) is 0 Å². The van der Waals surface area contributed by atoms with Gasteiger partial charge in [-0.25, -0.2) is 4.98 Å². The van der Waals surface area contributed by atoms with Gasteiger partial charge in [-0.15, -0.1) is 24.8 Å². The predicted molar refractivity (Wildman–Crippen MR) is 115 cm³/mol. The number of imidazole rings is 1. The van der Waals surface area contributed by atoms with Crippen molar-refractivity contribution in [2.45, 2.75) is 31.3 Å². The first kappa shape index (κ1) is 24.9. The van der Waals surface area contributed by atoms with Gasteiger partial charge < -0.3 is 20.7 Å². The Balaban J connectivity index is 0.00000171. The number of amides is 1. The highest BCUT2D eigenvalue weighted by atomic mass is 35.5. The number of nitrogens with one attached hydrogen (secondary N) is 3. The van der Waals surface area contributed by atoms with Crippen molar-refractivity contribution in [2.24, 2.45) is 0 Å². The Morgan fingerprint density at radius 3 is 2.61 bits per heavy atom. The minimum Gasteiger partial charge on any atom is -0.390 e. The van der Waals surface area contributed by atoms with Crippen LogP contribution in [0.2, 0.25) is 0 Å². The molecule has 1 amide bonds. The molecule has 168 valence electrons. The van der Waals surface area contributed by atoms with Crippen molar-refractivity contribution >= 4 is 41.8 Å². The van der Waals surface area contributed by atoms with Gasteiger partial charge in [0, 0.05) is 24.7 Å². The number of aromatic nitrogens is 2. The number of halogens is 5. The summed E-state index contributed by atoms with van der Waals surface area (Å²) in [6.07, 6.45) is -4.75. The first-order chi connectivity index (χ1) is 13.8. The summed E-state index contributed by atoms with van der Waals surface area (Å²) >= 11 is 0. The molecule has 0 spiro atoms. The Bertz CT molecular complexity index is 1060. The molecule has 1 aromatic heterocycles. The third-order valence-electron chi connectivity index (χ3n) is 5.06. The third kappa shape index (κ3) is 5.48. The van der Waals surface area contributed by atoms with Gasteiger partial charge in [0.2, 0.25) is 5.82 Å². The predicted octanol–water partition coefficient (Wildman–Crippen LogP) is 3.23. The highest BCUT2D eigenvalue weighted by molar-refractivity contribution is 5.97. The number of benzene rings is 2. The van der Waals surface area contributed by atoms with Gasteiger partial charge in [0.15, 0.2) is 0 Å². The number of aliphatic hydroxyl groups excluding tert-OH is 1. The number of aromatic amines is 1. The summed E-state index contributed by atoms with van der Waals surface area (Å²) in [5, 5.41) is 16.3. The van der Waals surface area contributed by atoms with E-state index in [1.165, 1.54) is 23.8 Å². The van der Waals surface area contributed by atoms with E-state index < -0.39 is 24.0 Å². The minimum atomic E-state index is -4.59. The fourth-order valence-corrected chi connectivity index (χ4v) is 3.48. The maximum Gasteiger partial charge on any atom is 0.449 e. The molecule has 2 atom stereocenters. The lowest BCUT2D eigenvalue weighted by atomic mass is 9.93. The van der Waals surface area contributed by atoms with Crippen molar-refractivity contribution in [3.05, 3.63) is 65.0 Å². The van der Waals surface area contributed by atoms with E-state index in [0.717, 1.165) is 5.56 Å². The number of carbonyl (C=O) groups excluding carboxylic acids is 1. The van der Waals surface area contributed by atoms with Crippen molar-refractivity contribution in [1.29, 1.82) is 0 Å². The standard InChI is InChI=1S/C20H19F3N4O2.2ClH/c21-20(22,23)19-26-14-6-5-12(8-15(14)27-19)18(29)25-10-17(28)16-7-11-3-1-2-4-13(11)9-24-16;;/h1-6,8,16-17,24,28H,7,9-10H2,(H,25,29)(H,26,27);2*1H/t16-,17?;;/m0../s1. The van der Waals surface area contributed by atoms with Crippen LogP contribution in [0.3, 0.4) is 0 Å². The molecule has 1 unspecified atom stereocenters. The summed E-state index contributed by atoms with van der Waals surface area (Å²) in [7, 11) is 0.